The number of hydrogen-bond donors (Lipinski definition) is 0. The third-order valence-corrected chi connectivity index (χ3v) is 8.81. The molecule has 0 aromatic heterocycles. The zero-order valence-corrected chi connectivity index (χ0v) is 23.1. The minimum absolute atomic E-state index is 0. The van der Waals surface area contributed by atoms with Crippen molar-refractivity contribution in [2.45, 2.75) is 98.3 Å². The molecule has 154 valence electrons. The fourth-order valence-electron chi connectivity index (χ4n) is 6.62. The SMILES string of the molecule is CCCCCC1(C2(C)C(C)=C(C)C(C)=C2C)C=Cc2ccc3c(c21)CCCC3.[Hf]. The topological polar surface area (TPSA) is 0 Å². The number of rotatable bonds is 5. The molecule has 0 fully saturated rings. The van der Waals surface area contributed by atoms with Crippen LogP contribution in [0.3, 0.4) is 0 Å². The molecular weight excluding hydrogens is 515 g/mol. The van der Waals surface area contributed by atoms with Crippen LogP contribution in [0.5, 0.6) is 0 Å². The molecular formula is C28H38Hf. The Morgan fingerprint density at radius 3 is 2.21 bits per heavy atom. The van der Waals surface area contributed by atoms with Crippen LogP contribution >= 0.6 is 0 Å². The average Bonchev–Trinajstić information content (AvgIpc) is 3.17. The van der Waals surface area contributed by atoms with Crippen LogP contribution in [0.25, 0.3) is 6.08 Å². The van der Waals surface area contributed by atoms with Crippen molar-refractivity contribution in [1.82, 2.24) is 0 Å². The molecule has 1 atom stereocenters. The predicted octanol–water partition coefficient (Wildman–Crippen LogP) is 8.10. The third-order valence-electron chi connectivity index (χ3n) is 8.81. The van der Waals surface area contributed by atoms with Crippen LogP contribution in [0.4, 0.5) is 0 Å². The summed E-state index contributed by atoms with van der Waals surface area (Å²) < 4.78 is 0. The summed E-state index contributed by atoms with van der Waals surface area (Å²) in [5.74, 6) is 0. The monoisotopic (exact) mass is 554 g/mol. The number of benzene rings is 1. The van der Waals surface area contributed by atoms with Crippen LogP contribution in [0.1, 0.15) is 102 Å². The Kier molecular flexibility index (Phi) is 6.69. The molecule has 0 radical (unpaired) electrons. The first-order valence-electron chi connectivity index (χ1n) is 11.6. The molecule has 1 unspecified atom stereocenters. The number of unbranched alkanes of at least 4 members (excludes halogenated alkanes) is 2. The molecule has 1 aromatic carbocycles. The van der Waals surface area contributed by atoms with Gasteiger partial charge in [-0.1, -0.05) is 68.5 Å². The fraction of sp³-hybridized carbons (Fsp3) is 0.571. The van der Waals surface area contributed by atoms with Crippen molar-refractivity contribution >= 4 is 6.08 Å². The van der Waals surface area contributed by atoms with Gasteiger partial charge in [-0.25, -0.2) is 0 Å². The normalized spacial score (nSPS) is 24.6. The van der Waals surface area contributed by atoms with E-state index in [1.165, 1.54) is 68.1 Å². The third kappa shape index (κ3) is 3.17. The van der Waals surface area contributed by atoms with E-state index < -0.39 is 0 Å². The molecule has 0 heterocycles. The molecule has 0 nitrogen and oxygen atoms in total. The molecule has 0 amide bonds. The Labute approximate surface area is 197 Å². The number of aryl methyl sites for hydroxylation is 1. The summed E-state index contributed by atoms with van der Waals surface area (Å²) in [7, 11) is 0. The average molecular weight is 553 g/mol. The van der Waals surface area contributed by atoms with Crippen molar-refractivity contribution in [2.24, 2.45) is 5.41 Å². The van der Waals surface area contributed by atoms with Gasteiger partial charge in [-0.3, -0.25) is 0 Å². The molecule has 3 aliphatic carbocycles. The van der Waals surface area contributed by atoms with Crippen molar-refractivity contribution in [3.8, 4) is 0 Å². The zero-order valence-electron chi connectivity index (χ0n) is 19.5. The number of hydrogen-bond acceptors (Lipinski definition) is 0. The van der Waals surface area contributed by atoms with Crippen molar-refractivity contribution < 1.29 is 25.8 Å². The number of fused-ring (bicyclic) bond motifs is 3. The van der Waals surface area contributed by atoms with E-state index >= 15 is 0 Å². The molecule has 0 N–H and O–H groups in total. The Morgan fingerprint density at radius 1 is 0.897 bits per heavy atom. The maximum atomic E-state index is 2.63. The smallest absolute Gasteiger partial charge is 0.0272 e. The molecule has 0 aliphatic heterocycles. The minimum Gasteiger partial charge on any atom is -0.0721 e. The molecule has 1 aromatic rings. The molecule has 1 heteroatoms. The van der Waals surface area contributed by atoms with E-state index in [-0.39, 0.29) is 36.7 Å². The van der Waals surface area contributed by atoms with Crippen molar-refractivity contribution in [3.63, 3.8) is 0 Å². The van der Waals surface area contributed by atoms with E-state index in [1.54, 1.807) is 27.8 Å². The van der Waals surface area contributed by atoms with Gasteiger partial charge in [0.15, 0.2) is 0 Å². The zero-order chi connectivity index (χ0) is 20.1. The molecule has 4 rings (SSSR count). The van der Waals surface area contributed by atoms with Gasteiger partial charge in [0.25, 0.3) is 0 Å². The largest absolute Gasteiger partial charge is 0.0721 e. The summed E-state index contributed by atoms with van der Waals surface area (Å²) in [5.41, 5.74) is 13.0. The van der Waals surface area contributed by atoms with Gasteiger partial charge in [0.2, 0.25) is 0 Å². The van der Waals surface area contributed by atoms with Crippen molar-refractivity contribution in [1.29, 1.82) is 0 Å². The van der Waals surface area contributed by atoms with E-state index in [4.69, 9.17) is 0 Å². The molecule has 3 aliphatic rings. The summed E-state index contributed by atoms with van der Waals surface area (Å²) in [6.45, 7) is 14.4. The second kappa shape index (κ2) is 8.45. The molecule has 29 heavy (non-hydrogen) atoms. The molecule has 0 saturated heterocycles. The first-order chi connectivity index (χ1) is 13.4. The van der Waals surface area contributed by atoms with Crippen LogP contribution < -0.4 is 0 Å². The van der Waals surface area contributed by atoms with Gasteiger partial charge < -0.3 is 0 Å². The van der Waals surface area contributed by atoms with Gasteiger partial charge in [0, 0.05) is 36.7 Å². The number of allylic oxidation sites excluding steroid dienone is 5. The van der Waals surface area contributed by atoms with Crippen LogP contribution in [0.15, 0.2) is 40.5 Å². The van der Waals surface area contributed by atoms with E-state index in [0.717, 1.165) is 0 Å². The standard InChI is InChI=1S/C28H38.Hf/c1-7-8-11-17-28(27(6)21(4)19(2)20(3)22(27)5)18-16-24-15-14-23-12-9-10-13-25(23)26(24)28;/h14-16,18H,7-13,17H2,1-6H3;. The Morgan fingerprint density at radius 2 is 1.55 bits per heavy atom. The van der Waals surface area contributed by atoms with Crippen LogP contribution in [0.2, 0.25) is 0 Å². The maximum absolute atomic E-state index is 2.63. The first kappa shape index (κ1) is 23.0. The molecule has 0 spiro atoms. The predicted molar refractivity (Wildman–Crippen MR) is 123 cm³/mol. The van der Waals surface area contributed by atoms with Gasteiger partial charge >= 0.3 is 0 Å². The van der Waals surface area contributed by atoms with Crippen LogP contribution in [-0.2, 0) is 44.1 Å². The fourth-order valence-corrected chi connectivity index (χ4v) is 6.62. The van der Waals surface area contributed by atoms with E-state index in [9.17, 15) is 0 Å². The second-order valence-electron chi connectivity index (χ2n) is 9.76. The van der Waals surface area contributed by atoms with Crippen LogP contribution in [0, 0.1) is 5.41 Å². The molecule has 0 saturated carbocycles. The summed E-state index contributed by atoms with van der Waals surface area (Å²) in [4.78, 5) is 0. The summed E-state index contributed by atoms with van der Waals surface area (Å²) >= 11 is 0. The summed E-state index contributed by atoms with van der Waals surface area (Å²) in [6.07, 6.45) is 15.6. The Hall–Kier alpha value is -0.690. The summed E-state index contributed by atoms with van der Waals surface area (Å²) in [6, 6.07) is 4.85. The Balaban J connectivity index is 0.00000240. The van der Waals surface area contributed by atoms with Gasteiger partial charge in [-0.2, -0.15) is 0 Å². The minimum atomic E-state index is 0. The van der Waals surface area contributed by atoms with Gasteiger partial charge in [0.05, 0.1) is 0 Å². The van der Waals surface area contributed by atoms with Gasteiger partial charge in [-0.15, -0.1) is 0 Å². The van der Waals surface area contributed by atoms with Gasteiger partial charge in [-0.05, 0) is 93.2 Å². The van der Waals surface area contributed by atoms with Crippen molar-refractivity contribution in [2.75, 3.05) is 0 Å². The van der Waals surface area contributed by atoms with Crippen LogP contribution in [-0.4, -0.2) is 0 Å². The summed E-state index contributed by atoms with van der Waals surface area (Å²) in [5, 5.41) is 0. The maximum Gasteiger partial charge on any atom is 0.0272 e. The Bertz CT molecular complexity index is 871. The quantitative estimate of drug-likeness (QED) is 0.256. The second-order valence-corrected chi connectivity index (χ2v) is 9.76. The van der Waals surface area contributed by atoms with E-state index in [1.807, 2.05) is 0 Å². The van der Waals surface area contributed by atoms with E-state index in [0.29, 0.717) is 0 Å². The molecule has 0 bridgehead atoms. The van der Waals surface area contributed by atoms with Gasteiger partial charge in [0.1, 0.15) is 0 Å². The first-order valence-corrected chi connectivity index (χ1v) is 11.6. The van der Waals surface area contributed by atoms with E-state index in [2.05, 4.69) is 65.8 Å². The van der Waals surface area contributed by atoms with Crippen molar-refractivity contribution in [3.05, 3.63) is 62.8 Å².